The zero-order valence-corrected chi connectivity index (χ0v) is 14.0. The fraction of sp³-hybridized carbons (Fsp3) is 0.222. The molecule has 0 unspecified atom stereocenters. The summed E-state index contributed by atoms with van der Waals surface area (Å²) in [6.07, 6.45) is 4.76. The van der Waals surface area contributed by atoms with Crippen LogP contribution >= 0.6 is 0 Å². The molecule has 0 amide bonds. The Labute approximate surface area is 147 Å². The van der Waals surface area contributed by atoms with Gasteiger partial charge in [0.2, 0.25) is 0 Å². The molecule has 4 aromatic rings. The molecule has 0 radical (unpaired) electrons. The molecular formula is C18H15FN6O. The molecule has 5 rings (SSSR count). The number of rotatable bonds is 2. The third kappa shape index (κ3) is 2.30. The maximum absolute atomic E-state index is 13.3. The molecule has 1 aliphatic heterocycles. The third-order valence-corrected chi connectivity index (χ3v) is 4.59. The molecular weight excluding hydrogens is 335 g/mol. The van der Waals surface area contributed by atoms with Crippen LogP contribution in [0.3, 0.4) is 0 Å². The molecule has 0 saturated carbocycles. The zero-order valence-electron chi connectivity index (χ0n) is 14.0. The minimum Gasteiger partial charge on any atom is -0.370 e. The first-order chi connectivity index (χ1) is 12.7. The molecule has 8 heteroatoms. The highest BCUT2D eigenvalue weighted by Crippen LogP contribution is 2.38. The summed E-state index contributed by atoms with van der Waals surface area (Å²) in [5.41, 5.74) is 4.85. The van der Waals surface area contributed by atoms with Crippen LogP contribution in [0.1, 0.15) is 12.6 Å². The normalized spacial score (nSPS) is 16.8. The highest BCUT2D eigenvalue weighted by Gasteiger charge is 2.27. The van der Waals surface area contributed by atoms with Gasteiger partial charge in [-0.25, -0.2) is 9.37 Å². The Bertz CT molecular complexity index is 1100. The molecule has 1 atom stereocenters. The Morgan fingerprint density at radius 2 is 2.15 bits per heavy atom. The number of fused-ring (bicyclic) bond motifs is 2. The second kappa shape index (κ2) is 5.70. The van der Waals surface area contributed by atoms with Crippen molar-refractivity contribution in [3.63, 3.8) is 0 Å². The largest absolute Gasteiger partial charge is 0.370 e. The summed E-state index contributed by atoms with van der Waals surface area (Å²) in [6, 6.07) is 4.97. The first-order valence-corrected chi connectivity index (χ1v) is 8.32. The number of hydrogen-bond donors (Lipinski definition) is 1. The van der Waals surface area contributed by atoms with Crippen molar-refractivity contribution >= 4 is 11.0 Å². The Morgan fingerprint density at radius 1 is 1.23 bits per heavy atom. The van der Waals surface area contributed by atoms with Gasteiger partial charge in [-0.1, -0.05) is 0 Å². The maximum Gasteiger partial charge on any atom is 0.155 e. The number of pyridine rings is 2. The zero-order chi connectivity index (χ0) is 17.7. The third-order valence-electron chi connectivity index (χ3n) is 4.59. The van der Waals surface area contributed by atoms with E-state index in [0.29, 0.717) is 30.2 Å². The van der Waals surface area contributed by atoms with Crippen LogP contribution in [-0.4, -0.2) is 36.0 Å². The number of ether oxygens (including phenoxy) is 1. The Morgan fingerprint density at radius 3 is 3.00 bits per heavy atom. The molecule has 1 aliphatic rings. The highest BCUT2D eigenvalue weighted by atomic mass is 19.1. The average molecular weight is 350 g/mol. The number of aromatic nitrogens is 6. The van der Waals surface area contributed by atoms with E-state index in [-0.39, 0.29) is 11.9 Å². The summed E-state index contributed by atoms with van der Waals surface area (Å²) in [4.78, 5) is 8.54. The Hall–Kier alpha value is -3.13. The molecule has 0 aromatic carbocycles. The van der Waals surface area contributed by atoms with E-state index in [4.69, 9.17) is 9.84 Å². The van der Waals surface area contributed by atoms with Crippen molar-refractivity contribution in [3.05, 3.63) is 48.3 Å². The van der Waals surface area contributed by atoms with Crippen LogP contribution in [0.5, 0.6) is 0 Å². The second-order valence-corrected chi connectivity index (χ2v) is 6.33. The van der Waals surface area contributed by atoms with Crippen LogP contribution in [-0.2, 0) is 17.9 Å². The molecule has 7 nitrogen and oxygen atoms in total. The number of aromatic amines is 1. The van der Waals surface area contributed by atoms with Crippen LogP contribution in [0.25, 0.3) is 33.5 Å². The van der Waals surface area contributed by atoms with Crippen LogP contribution in [0.4, 0.5) is 4.39 Å². The monoisotopic (exact) mass is 350 g/mol. The summed E-state index contributed by atoms with van der Waals surface area (Å²) < 4.78 is 21.1. The van der Waals surface area contributed by atoms with Gasteiger partial charge in [0.05, 0.1) is 43.0 Å². The smallest absolute Gasteiger partial charge is 0.155 e. The number of halogens is 1. The number of nitrogens with one attached hydrogen (secondary N) is 1. The van der Waals surface area contributed by atoms with Gasteiger partial charge in [0.1, 0.15) is 11.5 Å². The average Bonchev–Trinajstić information content (AvgIpc) is 3.26. The van der Waals surface area contributed by atoms with Crippen molar-refractivity contribution in [2.24, 2.45) is 0 Å². The number of nitrogens with zero attached hydrogens (tertiary/aromatic N) is 5. The molecule has 26 heavy (non-hydrogen) atoms. The number of H-pyrrole nitrogens is 1. The van der Waals surface area contributed by atoms with Crippen molar-refractivity contribution in [2.75, 3.05) is 0 Å². The van der Waals surface area contributed by atoms with Crippen molar-refractivity contribution in [1.82, 2.24) is 29.9 Å². The standard InChI is InChI=1S/C18H15FN6O/c1-10-8-25-15(9-26-10)16(12-4-5-20-18-13(12)7-22-23-18)17(24-25)14-3-2-11(19)6-21-14/h2-7,10H,8-9H2,1H3,(H,20,22,23)/t10-/m1/s1. The van der Waals surface area contributed by atoms with Crippen molar-refractivity contribution in [1.29, 1.82) is 0 Å². The molecule has 0 aliphatic carbocycles. The van der Waals surface area contributed by atoms with Gasteiger partial charge >= 0.3 is 0 Å². The predicted molar refractivity (Wildman–Crippen MR) is 92.5 cm³/mol. The molecule has 0 saturated heterocycles. The first kappa shape index (κ1) is 15.2. The summed E-state index contributed by atoms with van der Waals surface area (Å²) in [5, 5.41) is 12.7. The van der Waals surface area contributed by atoms with E-state index < -0.39 is 0 Å². The molecule has 5 heterocycles. The van der Waals surface area contributed by atoms with Gasteiger partial charge in [-0.3, -0.25) is 14.8 Å². The van der Waals surface area contributed by atoms with E-state index in [1.54, 1.807) is 18.5 Å². The van der Waals surface area contributed by atoms with Crippen molar-refractivity contribution < 1.29 is 9.13 Å². The van der Waals surface area contributed by atoms with Gasteiger partial charge < -0.3 is 4.74 Å². The van der Waals surface area contributed by atoms with E-state index in [0.717, 1.165) is 22.2 Å². The highest BCUT2D eigenvalue weighted by molar-refractivity contribution is 5.97. The van der Waals surface area contributed by atoms with Gasteiger partial charge in [-0.05, 0) is 25.1 Å². The number of hydrogen-bond acceptors (Lipinski definition) is 5. The van der Waals surface area contributed by atoms with Gasteiger partial charge in [-0.2, -0.15) is 10.2 Å². The predicted octanol–water partition coefficient (Wildman–Crippen LogP) is 2.94. The fourth-order valence-corrected chi connectivity index (χ4v) is 3.36. The lowest BCUT2D eigenvalue weighted by molar-refractivity contribution is 0.0128. The minimum absolute atomic E-state index is 0.0793. The molecule has 1 N–H and O–H groups in total. The lowest BCUT2D eigenvalue weighted by atomic mass is 9.99. The summed E-state index contributed by atoms with van der Waals surface area (Å²) >= 11 is 0. The quantitative estimate of drug-likeness (QED) is 0.601. The second-order valence-electron chi connectivity index (χ2n) is 6.33. The van der Waals surface area contributed by atoms with E-state index in [1.165, 1.54) is 12.3 Å². The maximum atomic E-state index is 13.3. The van der Waals surface area contributed by atoms with E-state index in [2.05, 4.69) is 20.2 Å². The van der Waals surface area contributed by atoms with Crippen molar-refractivity contribution in [3.8, 4) is 22.5 Å². The fourth-order valence-electron chi connectivity index (χ4n) is 3.36. The summed E-state index contributed by atoms with van der Waals surface area (Å²) in [7, 11) is 0. The summed E-state index contributed by atoms with van der Waals surface area (Å²) in [5.74, 6) is -0.377. The topological polar surface area (TPSA) is 81.5 Å². The van der Waals surface area contributed by atoms with Gasteiger partial charge in [-0.15, -0.1) is 0 Å². The SMILES string of the molecule is C[C@@H]1Cn2nc(-c3ccc(F)cn3)c(-c3ccnc4[nH]ncc34)c2CO1. The lowest BCUT2D eigenvalue weighted by Gasteiger charge is -2.21. The van der Waals surface area contributed by atoms with Crippen LogP contribution < -0.4 is 0 Å². The van der Waals surface area contributed by atoms with Gasteiger partial charge in [0, 0.05) is 22.7 Å². The minimum atomic E-state index is -0.377. The molecule has 0 fully saturated rings. The Kier molecular flexibility index (Phi) is 3.32. The van der Waals surface area contributed by atoms with Crippen LogP contribution in [0, 0.1) is 5.82 Å². The lowest BCUT2D eigenvalue weighted by Crippen LogP contribution is -2.25. The van der Waals surface area contributed by atoms with E-state index in [1.807, 2.05) is 17.7 Å². The van der Waals surface area contributed by atoms with E-state index >= 15 is 0 Å². The van der Waals surface area contributed by atoms with Crippen LogP contribution in [0.2, 0.25) is 0 Å². The molecule has 130 valence electrons. The first-order valence-electron chi connectivity index (χ1n) is 8.32. The van der Waals surface area contributed by atoms with E-state index in [9.17, 15) is 4.39 Å². The van der Waals surface area contributed by atoms with Gasteiger partial charge in [0.15, 0.2) is 5.65 Å². The molecule has 4 aromatic heterocycles. The van der Waals surface area contributed by atoms with Gasteiger partial charge in [0.25, 0.3) is 0 Å². The molecule has 0 spiro atoms. The summed E-state index contributed by atoms with van der Waals surface area (Å²) in [6.45, 7) is 3.12. The van der Waals surface area contributed by atoms with Crippen LogP contribution in [0.15, 0.2) is 36.8 Å². The molecule has 0 bridgehead atoms. The van der Waals surface area contributed by atoms with Crippen molar-refractivity contribution in [2.45, 2.75) is 26.2 Å². The Balaban J connectivity index is 1.80.